The van der Waals surface area contributed by atoms with Crippen molar-refractivity contribution in [2.45, 2.75) is 0 Å². The van der Waals surface area contributed by atoms with Crippen LogP contribution in [0.25, 0.3) is 0 Å². The topological polar surface area (TPSA) is 294 Å². The molecule has 0 saturated heterocycles. The maximum absolute atomic E-state index is 8.88. The van der Waals surface area contributed by atoms with Gasteiger partial charge in [0.1, 0.15) is 0 Å². The van der Waals surface area contributed by atoms with Crippen molar-refractivity contribution in [3.05, 3.63) is 0 Å². The standard InChI is InChI=1S/BH3O3.3H3O4P/c2-1(3)4;3*1-5(2,3)4/h2-4H;3*(H3,1,2,3,4). The Morgan fingerprint density at radius 1 is 0.474 bits per heavy atom. The first-order valence-electron chi connectivity index (χ1n) is 3.12. The van der Waals surface area contributed by atoms with Gasteiger partial charge in [-0.05, 0) is 0 Å². The van der Waals surface area contributed by atoms with Crippen molar-refractivity contribution < 1.29 is 72.8 Å². The van der Waals surface area contributed by atoms with Crippen LogP contribution in [0.3, 0.4) is 0 Å². The summed E-state index contributed by atoms with van der Waals surface area (Å²) >= 11 is 0. The molecule has 0 bridgehead atoms. The van der Waals surface area contributed by atoms with Crippen LogP contribution in [0.2, 0.25) is 0 Å². The highest BCUT2D eigenvalue weighted by Crippen LogP contribution is 2.26. The summed E-state index contributed by atoms with van der Waals surface area (Å²) in [6.07, 6.45) is 0. The van der Waals surface area contributed by atoms with Crippen molar-refractivity contribution in [2.75, 3.05) is 0 Å². The smallest absolute Gasteiger partial charge is 0.402 e. The van der Waals surface area contributed by atoms with E-state index in [1.54, 1.807) is 0 Å². The summed E-state index contributed by atoms with van der Waals surface area (Å²) < 4.78 is 26.6. The molecular formula is H12BO15P3. The van der Waals surface area contributed by atoms with Gasteiger partial charge in [0.05, 0.1) is 0 Å². The van der Waals surface area contributed by atoms with Gasteiger partial charge in [0.2, 0.25) is 0 Å². The quantitative estimate of drug-likeness (QED) is 0.143. The highest BCUT2D eigenvalue weighted by Gasteiger charge is 2.01. The molecule has 0 spiro atoms. The van der Waals surface area contributed by atoms with Crippen molar-refractivity contribution >= 4 is 30.8 Å². The van der Waals surface area contributed by atoms with Crippen molar-refractivity contribution in [3.63, 3.8) is 0 Å². The molecule has 0 fully saturated rings. The molecule has 0 heterocycles. The summed E-state index contributed by atoms with van der Waals surface area (Å²) in [7, 11) is -16.1. The molecule has 0 aliphatic heterocycles. The number of hydrogen-bond donors (Lipinski definition) is 12. The zero-order valence-electron chi connectivity index (χ0n) is 8.51. The van der Waals surface area contributed by atoms with Crippen LogP contribution in [0.4, 0.5) is 0 Å². The van der Waals surface area contributed by atoms with Crippen LogP contribution in [0.15, 0.2) is 0 Å². The third kappa shape index (κ3) is 64000. The van der Waals surface area contributed by atoms with Gasteiger partial charge < -0.3 is 59.1 Å². The summed E-state index contributed by atoms with van der Waals surface area (Å²) in [6.45, 7) is 0. The Balaban J connectivity index is -0.0000000793. The van der Waals surface area contributed by atoms with Gasteiger partial charge in [0.15, 0.2) is 0 Å². The van der Waals surface area contributed by atoms with E-state index < -0.39 is 30.8 Å². The summed E-state index contributed by atoms with van der Waals surface area (Å²) in [6, 6.07) is 0. The van der Waals surface area contributed by atoms with Crippen molar-refractivity contribution in [1.29, 1.82) is 0 Å². The predicted octanol–water partition coefficient (Wildman–Crippen LogP) is -4.84. The summed E-state index contributed by atoms with van der Waals surface area (Å²) in [5.41, 5.74) is 0. The minimum atomic E-state index is -4.64. The maximum atomic E-state index is 8.88. The fraction of sp³-hybridized carbons (Fsp3) is 0. The molecule has 0 amide bonds. The Kier molecular flexibility index (Phi) is 17.5. The summed E-state index contributed by atoms with van der Waals surface area (Å²) in [5.74, 6) is 0. The van der Waals surface area contributed by atoms with Gasteiger partial charge in [0.25, 0.3) is 0 Å². The zero-order valence-corrected chi connectivity index (χ0v) is 11.2. The van der Waals surface area contributed by atoms with E-state index in [-0.39, 0.29) is 0 Å². The van der Waals surface area contributed by atoms with Gasteiger partial charge in [-0.25, -0.2) is 13.7 Å². The molecule has 120 valence electrons. The Bertz CT molecular complexity index is 237. The van der Waals surface area contributed by atoms with Gasteiger partial charge in [-0.2, -0.15) is 0 Å². The first-order chi connectivity index (χ1) is 7.73. The molecule has 0 rings (SSSR count). The van der Waals surface area contributed by atoms with Crippen molar-refractivity contribution in [3.8, 4) is 0 Å². The zero-order chi connectivity index (χ0) is 17.1. The molecule has 0 aromatic heterocycles. The third-order valence-corrected chi connectivity index (χ3v) is 0. The Morgan fingerprint density at radius 2 is 0.474 bits per heavy atom. The Labute approximate surface area is 104 Å². The molecule has 12 N–H and O–H groups in total. The molecule has 0 aliphatic rings. The average Bonchev–Trinajstić information content (AvgIpc) is 1.66. The van der Waals surface area contributed by atoms with E-state index in [2.05, 4.69) is 0 Å². The molecule has 15 nitrogen and oxygen atoms in total. The van der Waals surface area contributed by atoms with E-state index in [0.29, 0.717) is 0 Å². The highest BCUT2D eigenvalue weighted by atomic mass is 31.2. The monoisotopic (exact) mass is 356 g/mol. The van der Waals surface area contributed by atoms with Crippen LogP contribution < -0.4 is 0 Å². The number of phosphoric acid groups is 3. The minimum Gasteiger partial charge on any atom is -0.402 e. The van der Waals surface area contributed by atoms with Crippen LogP contribution in [-0.4, -0.2) is 66.4 Å². The molecule has 0 aromatic rings. The van der Waals surface area contributed by atoms with E-state index in [0.717, 1.165) is 0 Å². The fourth-order valence-corrected chi connectivity index (χ4v) is 0. The predicted molar refractivity (Wildman–Crippen MR) is 55.2 cm³/mol. The molecule has 19 heteroatoms. The van der Waals surface area contributed by atoms with Gasteiger partial charge >= 0.3 is 30.8 Å². The van der Waals surface area contributed by atoms with E-state index in [4.69, 9.17) is 72.8 Å². The normalized spacial score (nSPS) is 10.7. The Morgan fingerprint density at radius 3 is 0.474 bits per heavy atom. The van der Waals surface area contributed by atoms with Gasteiger partial charge in [-0.3, -0.25) is 0 Å². The molecule has 0 atom stereocenters. The molecule has 0 saturated carbocycles. The van der Waals surface area contributed by atoms with Crippen LogP contribution in [0.5, 0.6) is 0 Å². The van der Waals surface area contributed by atoms with Crippen molar-refractivity contribution in [2.24, 2.45) is 0 Å². The highest BCUT2D eigenvalue weighted by molar-refractivity contribution is 7.45. The number of rotatable bonds is 0. The lowest BCUT2D eigenvalue weighted by Crippen LogP contribution is -2.07. The second-order valence-corrected chi connectivity index (χ2v) is 4.97. The maximum Gasteiger partial charge on any atom is 0.631 e. The first kappa shape index (κ1) is 27.6. The lowest BCUT2D eigenvalue weighted by molar-refractivity contribution is 0.272. The lowest BCUT2D eigenvalue weighted by atomic mass is 10.3. The number of hydrogen-bond acceptors (Lipinski definition) is 6. The van der Waals surface area contributed by atoms with Crippen LogP contribution in [0, 0.1) is 0 Å². The molecule has 0 radical (unpaired) electrons. The van der Waals surface area contributed by atoms with Crippen molar-refractivity contribution in [1.82, 2.24) is 0 Å². The van der Waals surface area contributed by atoms with Crippen LogP contribution in [-0.2, 0) is 13.7 Å². The summed E-state index contributed by atoms with van der Waals surface area (Å²) in [4.78, 5) is 64.7. The van der Waals surface area contributed by atoms with Gasteiger partial charge in [-0.1, -0.05) is 0 Å². The third-order valence-electron chi connectivity index (χ3n) is 0. The lowest BCUT2D eigenvalue weighted by Gasteiger charge is -1.82. The molecule has 0 unspecified atom stereocenters. The molecular weight excluding hydrogens is 344 g/mol. The second-order valence-electron chi connectivity index (χ2n) is 1.89. The van der Waals surface area contributed by atoms with Crippen LogP contribution >= 0.6 is 23.5 Å². The Hall–Kier alpha value is 0.275. The molecule has 0 aliphatic carbocycles. The fourth-order valence-electron chi connectivity index (χ4n) is 0. The largest absolute Gasteiger partial charge is 0.631 e. The van der Waals surface area contributed by atoms with Gasteiger partial charge in [-0.15, -0.1) is 0 Å². The summed E-state index contributed by atoms with van der Waals surface area (Å²) in [5, 5.41) is 21.5. The van der Waals surface area contributed by atoms with E-state index in [1.165, 1.54) is 0 Å². The first-order valence-corrected chi connectivity index (χ1v) is 7.82. The molecule has 0 aromatic carbocycles. The SMILES string of the molecule is O=P(O)(O)O.O=P(O)(O)O.O=P(O)(O)O.OB(O)O. The minimum absolute atomic E-state index is 2.17. The van der Waals surface area contributed by atoms with E-state index >= 15 is 0 Å². The second kappa shape index (κ2) is 12.0. The van der Waals surface area contributed by atoms with Crippen LogP contribution in [0.1, 0.15) is 0 Å². The van der Waals surface area contributed by atoms with E-state index in [1.807, 2.05) is 0 Å². The molecule has 19 heavy (non-hydrogen) atoms. The average molecular weight is 356 g/mol. The van der Waals surface area contributed by atoms with E-state index in [9.17, 15) is 0 Å². The van der Waals surface area contributed by atoms with Gasteiger partial charge in [0, 0.05) is 0 Å².